The van der Waals surface area contributed by atoms with E-state index in [-0.39, 0.29) is 0 Å². The van der Waals surface area contributed by atoms with Crippen LogP contribution < -0.4 is 9.46 Å². The summed E-state index contributed by atoms with van der Waals surface area (Å²) in [5.41, 5.74) is 4.87. The predicted molar refractivity (Wildman–Crippen MR) is 74.2 cm³/mol. The Morgan fingerprint density at radius 1 is 1.11 bits per heavy atom. The summed E-state index contributed by atoms with van der Waals surface area (Å²) in [5, 5.41) is 1.24. The minimum atomic E-state index is 1.16. The first kappa shape index (κ1) is 10.8. The second-order valence-electron chi connectivity index (χ2n) is 4.59. The number of aromatic nitrogens is 1. The van der Waals surface area contributed by atoms with E-state index in [1.165, 1.54) is 21.9 Å². The largest absolute Gasteiger partial charge is 0.214 e. The van der Waals surface area contributed by atoms with Crippen molar-refractivity contribution in [2.45, 2.75) is 6.92 Å². The Bertz CT molecular complexity index is 721. The summed E-state index contributed by atoms with van der Waals surface area (Å²) in [4.78, 5) is 0. The third-order valence-corrected chi connectivity index (χ3v) is 3.26. The molecule has 1 aliphatic carbocycles. The summed E-state index contributed by atoms with van der Waals surface area (Å²) in [6.45, 7) is 6.19. The fourth-order valence-corrected chi connectivity index (χ4v) is 2.29. The van der Waals surface area contributed by atoms with E-state index in [1.54, 1.807) is 0 Å². The summed E-state index contributed by atoms with van der Waals surface area (Å²) >= 11 is 0. The number of hydrogen-bond donors (Lipinski definition) is 0. The van der Waals surface area contributed by atoms with E-state index < -0.39 is 0 Å². The lowest BCUT2D eigenvalue weighted by Gasteiger charge is -2.14. The highest BCUT2D eigenvalue weighted by atomic mass is 14.8. The molecule has 3 rings (SSSR count). The van der Waals surface area contributed by atoms with Gasteiger partial charge in [-0.25, -0.2) is 4.24 Å². The second kappa shape index (κ2) is 4.19. The average molecular weight is 233 g/mol. The van der Waals surface area contributed by atoms with E-state index in [0.717, 1.165) is 5.69 Å². The van der Waals surface area contributed by atoms with Crippen molar-refractivity contribution in [3.63, 3.8) is 0 Å². The lowest BCUT2D eigenvalue weighted by atomic mass is 9.98. The van der Waals surface area contributed by atoms with E-state index in [0.29, 0.717) is 0 Å². The van der Waals surface area contributed by atoms with Crippen molar-refractivity contribution in [1.82, 2.24) is 0 Å². The van der Waals surface area contributed by atoms with Gasteiger partial charge in [0.25, 0.3) is 0 Å². The first-order valence-electron chi connectivity index (χ1n) is 6.07. The Labute approximate surface area is 107 Å². The van der Waals surface area contributed by atoms with Crippen LogP contribution in [-0.4, -0.2) is 0 Å². The van der Waals surface area contributed by atoms with Crippen LogP contribution in [0.2, 0.25) is 0 Å². The van der Waals surface area contributed by atoms with Gasteiger partial charge in [0.2, 0.25) is 0 Å². The monoisotopic (exact) mass is 233 g/mol. The van der Waals surface area contributed by atoms with E-state index in [9.17, 15) is 0 Å². The number of aryl methyl sites for hydroxylation is 1. The molecule has 1 aromatic heterocycles. The number of benzene rings is 1. The summed E-state index contributed by atoms with van der Waals surface area (Å²) in [7, 11) is 0. The quantitative estimate of drug-likeness (QED) is 0.527. The minimum absolute atomic E-state index is 1.16. The highest BCUT2D eigenvalue weighted by molar-refractivity contribution is 5.65. The number of fused-ring (bicyclic) bond motifs is 1. The average Bonchev–Trinajstić information content (AvgIpc) is 2.40. The molecular formula is C17H15N. The molecule has 1 aromatic carbocycles. The molecular weight excluding hydrogens is 218 g/mol. The van der Waals surface area contributed by atoms with Gasteiger partial charge in [-0.15, -0.1) is 24.6 Å². The molecule has 0 saturated carbocycles. The summed E-state index contributed by atoms with van der Waals surface area (Å²) in [6, 6.07) is 10.7. The van der Waals surface area contributed by atoms with E-state index in [4.69, 9.17) is 0 Å². The van der Waals surface area contributed by atoms with Crippen molar-refractivity contribution in [1.29, 1.82) is 0 Å². The first-order chi connectivity index (χ1) is 8.75. The Morgan fingerprint density at radius 3 is 2.67 bits per heavy atom. The van der Waals surface area contributed by atoms with Crippen molar-refractivity contribution in [3.8, 4) is 11.3 Å². The normalized spacial score (nSPS) is 12.5. The van der Waals surface area contributed by atoms with Crippen molar-refractivity contribution in [2.75, 3.05) is 0 Å². The van der Waals surface area contributed by atoms with Crippen LogP contribution in [0, 0.1) is 20.1 Å². The molecule has 18 heavy (non-hydrogen) atoms. The van der Waals surface area contributed by atoms with E-state index in [1.807, 2.05) is 10.4 Å². The maximum Gasteiger partial charge on any atom is 0.156 e. The van der Waals surface area contributed by atoms with Gasteiger partial charge in [-0.1, -0.05) is 40.6 Å². The fraction of sp³-hybridized carbons (Fsp3) is 0.0588. The van der Waals surface area contributed by atoms with Crippen LogP contribution in [0.25, 0.3) is 17.3 Å². The molecule has 1 nitrogen and oxygen atoms in total. The molecule has 0 saturated heterocycles. The van der Waals surface area contributed by atoms with Gasteiger partial charge in [0, 0.05) is 5.56 Å². The molecule has 0 bridgehead atoms. The Morgan fingerprint density at radius 2 is 1.89 bits per heavy atom. The SMILES string of the molecule is C=[n+]1ccc2c(c1-c1ccc(C)cc1)[CH-]C=CC=2. The highest BCUT2D eigenvalue weighted by Gasteiger charge is 2.08. The van der Waals surface area contributed by atoms with Crippen molar-refractivity contribution in [2.24, 2.45) is 0 Å². The van der Waals surface area contributed by atoms with Gasteiger partial charge in [0.05, 0.1) is 0 Å². The van der Waals surface area contributed by atoms with Gasteiger partial charge in [-0.05, 0) is 13.0 Å². The predicted octanol–water partition coefficient (Wildman–Crippen LogP) is 2.49. The molecule has 0 atom stereocenters. The first-order valence-corrected chi connectivity index (χ1v) is 6.07. The fourth-order valence-electron chi connectivity index (χ4n) is 2.29. The number of pyridine rings is 1. The zero-order valence-corrected chi connectivity index (χ0v) is 10.4. The zero-order chi connectivity index (χ0) is 12.5. The topological polar surface area (TPSA) is 5.90 Å². The molecule has 0 radical (unpaired) electrons. The molecule has 0 N–H and O–H groups in total. The Balaban J connectivity index is 2.30. The molecule has 0 aliphatic heterocycles. The second-order valence-corrected chi connectivity index (χ2v) is 4.59. The highest BCUT2D eigenvalue weighted by Crippen LogP contribution is 2.20. The van der Waals surface area contributed by atoms with E-state index >= 15 is 0 Å². The standard InChI is InChI=1S/C17H15N/c1-13-7-9-15(10-8-13)17-16-6-4-3-5-14(16)11-12-18(17)2/h3-12H,2H2,1H3. The van der Waals surface area contributed by atoms with Gasteiger partial charge in [-0.3, -0.25) is 0 Å². The minimum Gasteiger partial charge on any atom is -0.214 e. The molecule has 0 amide bonds. The number of nitrogens with zero attached hydrogens (tertiary/aromatic N) is 1. The van der Waals surface area contributed by atoms with Crippen molar-refractivity contribution < 1.29 is 4.24 Å². The van der Waals surface area contributed by atoms with Gasteiger partial charge in [0.1, 0.15) is 12.4 Å². The van der Waals surface area contributed by atoms with Gasteiger partial charge < -0.3 is 0 Å². The smallest absolute Gasteiger partial charge is 0.156 e. The summed E-state index contributed by atoms with van der Waals surface area (Å²) in [6.07, 6.45) is 10.4. The summed E-state index contributed by atoms with van der Waals surface area (Å²) in [5.74, 6) is 0. The zero-order valence-electron chi connectivity index (χ0n) is 10.4. The molecule has 2 aromatic rings. The van der Waals surface area contributed by atoms with Crippen LogP contribution in [0.4, 0.5) is 0 Å². The van der Waals surface area contributed by atoms with Crippen LogP contribution >= 0.6 is 0 Å². The molecule has 1 heteroatoms. The van der Waals surface area contributed by atoms with Crippen molar-refractivity contribution in [3.05, 3.63) is 78.2 Å². The van der Waals surface area contributed by atoms with Gasteiger partial charge >= 0.3 is 0 Å². The van der Waals surface area contributed by atoms with E-state index in [2.05, 4.69) is 68.6 Å². The van der Waals surface area contributed by atoms with Crippen LogP contribution in [0.1, 0.15) is 11.1 Å². The van der Waals surface area contributed by atoms with Gasteiger partial charge in [-0.2, -0.15) is 0 Å². The maximum absolute atomic E-state index is 4.09. The third-order valence-electron chi connectivity index (χ3n) is 3.26. The molecule has 0 unspecified atom stereocenters. The molecule has 0 spiro atoms. The number of rotatable bonds is 1. The summed E-state index contributed by atoms with van der Waals surface area (Å²) < 4.78 is 1.94. The lowest BCUT2D eigenvalue weighted by Crippen LogP contribution is -2.25. The maximum atomic E-state index is 4.09. The number of hydrogen-bond acceptors (Lipinski definition) is 0. The van der Waals surface area contributed by atoms with Crippen molar-refractivity contribution >= 4 is 6.08 Å². The molecule has 0 fully saturated rings. The lowest BCUT2D eigenvalue weighted by molar-refractivity contribution is -0.486. The van der Waals surface area contributed by atoms with Crippen LogP contribution in [0.15, 0.2) is 48.7 Å². The Hall–Kier alpha value is -2.28. The van der Waals surface area contributed by atoms with Gasteiger partial charge in [0.15, 0.2) is 6.20 Å². The molecule has 88 valence electrons. The third kappa shape index (κ3) is 1.74. The van der Waals surface area contributed by atoms with Crippen LogP contribution in [0.3, 0.4) is 0 Å². The Kier molecular flexibility index (Phi) is 2.52. The molecule has 1 aliphatic rings. The number of allylic oxidation sites excluding steroid dienone is 2. The molecule has 1 heterocycles. The van der Waals surface area contributed by atoms with Crippen LogP contribution in [0.5, 0.6) is 0 Å². The van der Waals surface area contributed by atoms with Crippen LogP contribution in [-0.2, 0) is 0 Å².